The molecule has 0 aliphatic rings. The Hall–Kier alpha value is -1.60. The van der Waals surface area contributed by atoms with Crippen LogP contribution in [0.15, 0.2) is 36.4 Å². The Morgan fingerprint density at radius 2 is 2.00 bits per heavy atom. The summed E-state index contributed by atoms with van der Waals surface area (Å²) in [7, 11) is 1.30. The van der Waals surface area contributed by atoms with Crippen LogP contribution in [0, 0.1) is 6.92 Å². The monoisotopic (exact) mass is 401 g/mol. The molecule has 134 valence electrons. The molecule has 0 saturated heterocycles. The van der Waals surface area contributed by atoms with Crippen LogP contribution >= 0.6 is 23.2 Å². The van der Waals surface area contributed by atoms with E-state index in [9.17, 15) is 13.6 Å². The van der Waals surface area contributed by atoms with E-state index in [-0.39, 0.29) is 6.54 Å². The van der Waals surface area contributed by atoms with Gasteiger partial charge in [-0.2, -0.15) is 0 Å². The highest BCUT2D eigenvalue weighted by molar-refractivity contribution is 7.80. The van der Waals surface area contributed by atoms with Gasteiger partial charge in [-0.1, -0.05) is 35.3 Å². The molecule has 8 heteroatoms. The molecule has 2 rings (SSSR count). The van der Waals surface area contributed by atoms with Crippen LogP contribution < -0.4 is 4.31 Å². The van der Waals surface area contributed by atoms with Crippen LogP contribution in [0.3, 0.4) is 0 Å². The van der Waals surface area contributed by atoms with Crippen LogP contribution in [0.25, 0.3) is 0 Å². The summed E-state index contributed by atoms with van der Waals surface area (Å²) in [5.74, 6) is -0.461. The lowest BCUT2D eigenvalue weighted by atomic mass is 10.1. The topological polar surface area (TPSA) is 66.8 Å². The summed E-state index contributed by atoms with van der Waals surface area (Å²) < 4.78 is 27.5. The number of rotatable bonds is 6. The van der Waals surface area contributed by atoms with Crippen molar-refractivity contribution in [3.05, 3.63) is 63.1 Å². The Bertz CT molecular complexity index is 813. The molecule has 2 aromatic carbocycles. The van der Waals surface area contributed by atoms with Crippen LogP contribution in [-0.4, -0.2) is 28.4 Å². The molecular formula is C17H17Cl2NO4S. The van der Waals surface area contributed by atoms with Crippen molar-refractivity contribution >= 4 is 46.1 Å². The van der Waals surface area contributed by atoms with Gasteiger partial charge >= 0.3 is 5.97 Å². The highest BCUT2D eigenvalue weighted by Crippen LogP contribution is 2.27. The highest BCUT2D eigenvalue weighted by atomic mass is 35.5. The zero-order valence-electron chi connectivity index (χ0n) is 13.7. The molecule has 0 amide bonds. The molecule has 0 aliphatic carbocycles. The summed E-state index contributed by atoms with van der Waals surface area (Å²) in [5.41, 5.74) is 2.40. The lowest BCUT2D eigenvalue weighted by Gasteiger charge is -2.22. The van der Waals surface area contributed by atoms with Crippen molar-refractivity contribution in [2.75, 3.05) is 18.0 Å². The maximum Gasteiger partial charge on any atom is 0.337 e. The third-order valence-corrected chi connectivity index (χ3v) is 5.31. The third-order valence-electron chi connectivity index (χ3n) is 3.69. The van der Waals surface area contributed by atoms with Gasteiger partial charge in [0.25, 0.3) is 11.3 Å². The van der Waals surface area contributed by atoms with Gasteiger partial charge in [0.1, 0.15) is 0 Å². The van der Waals surface area contributed by atoms with Crippen LogP contribution in [0.2, 0.25) is 10.0 Å². The largest absolute Gasteiger partial charge is 0.465 e. The second kappa shape index (κ2) is 8.67. The smallest absolute Gasteiger partial charge is 0.337 e. The quantitative estimate of drug-likeness (QED) is 0.579. The average Bonchev–Trinajstić information content (AvgIpc) is 2.58. The average molecular weight is 402 g/mol. The number of esters is 1. The standard InChI is InChI=1S/C17H17Cl2NO4S/c1-11-10-13(17(21)24-2)6-7-15(11)20(25(22)23)9-8-12-4-3-5-14(18)16(12)19/h3-7,10H,8-9H2,1-2H3,(H,22,23). The minimum absolute atomic E-state index is 0.252. The van der Waals surface area contributed by atoms with E-state index < -0.39 is 17.2 Å². The number of benzene rings is 2. The van der Waals surface area contributed by atoms with Gasteiger partial charge < -0.3 is 4.74 Å². The van der Waals surface area contributed by atoms with Gasteiger partial charge in [-0.3, -0.25) is 8.86 Å². The first kappa shape index (κ1) is 19.7. The maximum absolute atomic E-state index is 11.8. The zero-order valence-corrected chi connectivity index (χ0v) is 16.0. The first-order valence-corrected chi connectivity index (χ1v) is 9.17. The fraction of sp³-hybridized carbons (Fsp3) is 0.235. The summed E-state index contributed by atoms with van der Waals surface area (Å²) in [4.78, 5) is 11.6. The fourth-order valence-electron chi connectivity index (χ4n) is 2.43. The molecule has 25 heavy (non-hydrogen) atoms. The van der Waals surface area contributed by atoms with Crippen molar-refractivity contribution in [1.82, 2.24) is 0 Å². The van der Waals surface area contributed by atoms with Crippen LogP contribution in [0.5, 0.6) is 0 Å². The van der Waals surface area contributed by atoms with Gasteiger partial charge in [0.2, 0.25) is 0 Å². The van der Waals surface area contributed by atoms with E-state index in [2.05, 4.69) is 4.74 Å². The lowest BCUT2D eigenvalue weighted by Crippen LogP contribution is -2.28. The number of anilines is 1. The fourth-order valence-corrected chi connectivity index (χ4v) is 3.46. The van der Waals surface area contributed by atoms with Gasteiger partial charge in [0.05, 0.1) is 28.4 Å². The summed E-state index contributed by atoms with van der Waals surface area (Å²) in [6.45, 7) is 2.01. The van der Waals surface area contributed by atoms with Gasteiger partial charge in [0.15, 0.2) is 0 Å². The zero-order chi connectivity index (χ0) is 18.6. The normalized spacial score (nSPS) is 11.9. The van der Waals surface area contributed by atoms with E-state index in [0.717, 1.165) is 5.56 Å². The molecule has 1 atom stereocenters. The highest BCUT2D eigenvalue weighted by Gasteiger charge is 2.17. The van der Waals surface area contributed by atoms with Crippen molar-refractivity contribution in [3.8, 4) is 0 Å². The van der Waals surface area contributed by atoms with E-state index >= 15 is 0 Å². The Labute approximate surface area is 158 Å². The Kier molecular flexibility index (Phi) is 6.84. The van der Waals surface area contributed by atoms with Gasteiger partial charge in [0, 0.05) is 6.54 Å². The number of carbonyl (C=O) groups excluding carboxylic acids is 1. The SMILES string of the molecule is COC(=O)c1ccc(N(CCc2cccc(Cl)c2Cl)S(=O)O)c(C)c1. The number of methoxy groups -OCH3 is 1. The maximum atomic E-state index is 11.8. The second-order valence-corrected chi connectivity index (χ2v) is 6.98. The number of ether oxygens (including phenoxy) is 1. The molecule has 0 radical (unpaired) electrons. The number of aryl methyl sites for hydroxylation is 1. The molecule has 1 unspecified atom stereocenters. The molecular weight excluding hydrogens is 385 g/mol. The number of nitrogens with zero attached hydrogens (tertiary/aromatic N) is 1. The number of hydrogen-bond acceptors (Lipinski definition) is 3. The van der Waals surface area contributed by atoms with Crippen molar-refractivity contribution < 1.29 is 18.3 Å². The second-order valence-electron chi connectivity index (χ2n) is 5.29. The summed E-state index contributed by atoms with van der Waals surface area (Å²) in [6, 6.07) is 10.1. The van der Waals surface area contributed by atoms with E-state index in [0.29, 0.717) is 33.3 Å². The molecule has 0 saturated carbocycles. The molecule has 5 nitrogen and oxygen atoms in total. The first-order chi connectivity index (χ1) is 11.8. The molecule has 0 aromatic heterocycles. The molecule has 0 aliphatic heterocycles. The number of hydrogen-bond donors (Lipinski definition) is 1. The van der Waals surface area contributed by atoms with Crippen LogP contribution in [-0.2, 0) is 22.4 Å². The molecule has 0 heterocycles. The minimum atomic E-state index is -2.23. The molecule has 0 bridgehead atoms. The Morgan fingerprint density at radius 1 is 1.28 bits per heavy atom. The number of halogens is 2. The van der Waals surface area contributed by atoms with Crippen molar-refractivity contribution in [2.45, 2.75) is 13.3 Å². The van der Waals surface area contributed by atoms with Crippen LogP contribution in [0.4, 0.5) is 5.69 Å². The Morgan fingerprint density at radius 3 is 2.60 bits per heavy atom. The Balaban J connectivity index is 2.25. The van der Waals surface area contributed by atoms with Gasteiger partial charge in [-0.15, -0.1) is 0 Å². The van der Waals surface area contributed by atoms with E-state index in [1.807, 2.05) is 6.07 Å². The van der Waals surface area contributed by atoms with Gasteiger partial charge in [-0.25, -0.2) is 9.00 Å². The van der Waals surface area contributed by atoms with E-state index in [1.165, 1.54) is 11.4 Å². The minimum Gasteiger partial charge on any atom is -0.465 e. The van der Waals surface area contributed by atoms with Crippen LogP contribution in [0.1, 0.15) is 21.5 Å². The molecule has 0 fully saturated rings. The molecule has 1 N–H and O–H groups in total. The summed E-state index contributed by atoms with van der Waals surface area (Å²) in [5, 5.41) is 0.875. The number of carbonyl (C=O) groups is 1. The summed E-state index contributed by atoms with van der Waals surface area (Å²) in [6.07, 6.45) is 0.434. The predicted molar refractivity (Wildman–Crippen MR) is 101 cm³/mol. The lowest BCUT2D eigenvalue weighted by molar-refractivity contribution is 0.0600. The van der Waals surface area contributed by atoms with E-state index in [4.69, 9.17) is 23.2 Å². The molecule has 0 spiro atoms. The predicted octanol–water partition coefficient (Wildman–Crippen LogP) is 4.27. The first-order valence-electron chi connectivity index (χ1n) is 7.35. The van der Waals surface area contributed by atoms with Gasteiger partial charge in [-0.05, 0) is 48.7 Å². The van der Waals surface area contributed by atoms with Crippen molar-refractivity contribution in [2.24, 2.45) is 0 Å². The summed E-state index contributed by atoms with van der Waals surface area (Å²) >= 11 is 9.93. The van der Waals surface area contributed by atoms with Crippen molar-refractivity contribution in [1.29, 1.82) is 0 Å². The molecule has 2 aromatic rings. The van der Waals surface area contributed by atoms with Crippen molar-refractivity contribution in [3.63, 3.8) is 0 Å². The third kappa shape index (κ3) is 4.73. The van der Waals surface area contributed by atoms with E-state index in [1.54, 1.807) is 37.3 Å².